The molecule has 1 aromatic heterocycles. The summed E-state index contributed by atoms with van der Waals surface area (Å²) in [7, 11) is 0. The maximum atomic E-state index is 13.5. The Labute approximate surface area is 91.9 Å². The zero-order chi connectivity index (χ0) is 10.3. The first kappa shape index (κ1) is 10.1. The van der Waals surface area contributed by atoms with E-state index in [1.54, 1.807) is 0 Å². The Kier molecular flexibility index (Phi) is 2.60. The molecule has 2 rings (SSSR count). The Morgan fingerprint density at radius 3 is 2.64 bits per heavy atom. The van der Waals surface area contributed by atoms with Crippen LogP contribution in [0.3, 0.4) is 0 Å². The fourth-order valence-electron chi connectivity index (χ4n) is 1.58. The molecule has 3 heteroatoms. The Bertz CT molecular complexity index is 331. The van der Waals surface area contributed by atoms with Gasteiger partial charge >= 0.3 is 0 Å². The summed E-state index contributed by atoms with van der Waals surface area (Å²) in [5.74, 6) is 0.395. The van der Waals surface area contributed by atoms with Crippen molar-refractivity contribution in [2.75, 3.05) is 0 Å². The molecule has 14 heavy (non-hydrogen) atoms. The number of hydrogen-bond acceptors (Lipinski definition) is 1. The SMILES string of the molecule is CC(C)c1nc(F)c(C2CC2)cc1Br. The van der Waals surface area contributed by atoms with E-state index in [-0.39, 0.29) is 11.9 Å². The summed E-state index contributed by atoms with van der Waals surface area (Å²) < 4.78 is 14.5. The van der Waals surface area contributed by atoms with E-state index >= 15 is 0 Å². The third kappa shape index (κ3) is 1.83. The summed E-state index contributed by atoms with van der Waals surface area (Å²) in [6, 6.07) is 1.90. The molecule has 1 fully saturated rings. The lowest BCUT2D eigenvalue weighted by atomic mass is 10.1. The van der Waals surface area contributed by atoms with Gasteiger partial charge in [-0.1, -0.05) is 13.8 Å². The van der Waals surface area contributed by atoms with Gasteiger partial charge in [-0.25, -0.2) is 4.98 Å². The van der Waals surface area contributed by atoms with Gasteiger partial charge in [0.25, 0.3) is 0 Å². The second-order valence-electron chi connectivity index (χ2n) is 4.16. The Morgan fingerprint density at radius 1 is 1.50 bits per heavy atom. The number of pyridine rings is 1. The molecule has 1 saturated carbocycles. The van der Waals surface area contributed by atoms with Gasteiger partial charge < -0.3 is 0 Å². The van der Waals surface area contributed by atoms with Crippen molar-refractivity contribution in [2.24, 2.45) is 0 Å². The predicted molar refractivity (Wildman–Crippen MR) is 58.0 cm³/mol. The van der Waals surface area contributed by atoms with Gasteiger partial charge in [0.05, 0.1) is 5.69 Å². The van der Waals surface area contributed by atoms with Gasteiger partial charge in [-0.3, -0.25) is 0 Å². The van der Waals surface area contributed by atoms with Gasteiger partial charge in [-0.05, 0) is 46.7 Å². The molecule has 0 spiro atoms. The van der Waals surface area contributed by atoms with Crippen LogP contribution in [0.4, 0.5) is 4.39 Å². The first-order chi connectivity index (χ1) is 6.59. The average molecular weight is 258 g/mol. The van der Waals surface area contributed by atoms with Gasteiger partial charge in [0.1, 0.15) is 0 Å². The third-order valence-corrected chi connectivity index (χ3v) is 3.18. The predicted octanol–water partition coefficient (Wildman–Crippen LogP) is 3.98. The quantitative estimate of drug-likeness (QED) is 0.731. The van der Waals surface area contributed by atoms with Crippen molar-refractivity contribution in [2.45, 2.75) is 38.5 Å². The summed E-state index contributed by atoms with van der Waals surface area (Å²) in [6.45, 7) is 4.03. The van der Waals surface area contributed by atoms with E-state index in [1.807, 2.05) is 19.9 Å². The Hall–Kier alpha value is -0.440. The van der Waals surface area contributed by atoms with Crippen molar-refractivity contribution < 1.29 is 4.39 Å². The van der Waals surface area contributed by atoms with Crippen LogP contribution in [-0.4, -0.2) is 4.98 Å². The molecule has 0 atom stereocenters. The van der Waals surface area contributed by atoms with E-state index in [2.05, 4.69) is 20.9 Å². The lowest BCUT2D eigenvalue weighted by Crippen LogP contribution is -2.00. The van der Waals surface area contributed by atoms with Gasteiger partial charge in [0.15, 0.2) is 0 Å². The van der Waals surface area contributed by atoms with E-state index in [9.17, 15) is 4.39 Å². The van der Waals surface area contributed by atoms with E-state index < -0.39 is 0 Å². The van der Waals surface area contributed by atoms with Crippen molar-refractivity contribution in [1.29, 1.82) is 0 Å². The zero-order valence-corrected chi connectivity index (χ0v) is 9.94. The van der Waals surface area contributed by atoms with Crippen LogP contribution in [0.1, 0.15) is 49.8 Å². The molecule has 0 amide bonds. The highest BCUT2D eigenvalue weighted by molar-refractivity contribution is 9.10. The molecule has 0 N–H and O–H groups in total. The number of hydrogen-bond donors (Lipinski definition) is 0. The van der Waals surface area contributed by atoms with E-state index in [4.69, 9.17) is 0 Å². The molecule has 0 aromatic carbocycles. The molecule has 1 aromatic rings. The first-order valence-corrected chi connectivity index (χ1v) is 5.74. The topological polar surface area (TPSA) is 12.9 Å². The molecule has 0 saturated heterocycles. The first-order valence-electron chi connectivity index (χ1n) is 4.95. The smallest absolute Gasteiger partial charge is 0.216 e. The summed E-state index contributed by atoms with van der Waals surface area (Å²) in [6.07, 6.45) is 2.21. The minimum atomic E-state index is -0.278. The van der Waals surface area contributed by atoms with E-state index in [0.29, 0.717) is 5.92 Å². The highest BCUT2D eigenvalue weighted by Crippen LogP contribution is 2.42. The summed E-state index contributed by atoms with van der Waals surface area (Å²) in [4.78, 5) is 4.02. The highest BCUT2D eigenvalue weighted by Gasteiger charge is 2.28. The van der Waals surface area contributed by atoms with Crippen molar-refractivity contribution in [3.8, 4) is 0 Å². The lowest BCUT2D eigenvalue weighted by Gasteiger charge is -2.09. The lowest BCUT2D eigenvalue weighted by molar-refractivity contribution is 0.554. The van der Waals surface area contributed by atoms with Crippen LogP contribution >= 0.6 is 15.9 Å². The van der Waals surface area contributed by atoms with Gasteiger partial charge in [-0.2, -0.15) is 4.39 Å². The number of aromatic nitrogens is 1. The monoisotopic (exact) mass is 257 g/mol. The van der Waals surface area contributed by atoms with Crippen molar-refractivity contribution >= 4 is 15.9 Å². The molecule has 0 bridgehead atoms. The average Bonchev–Trinajstić information content (AvgIpc) is 2.91. The second kappa shape index (κ2) is 3.61. The van der Waals surface area contributed by atoms with Gasteiger partial charge in [-0.15, -0.1) is 0 Å². The van der Waals surface area contributed by atoms with E-state index in [0.717, 1.165) is 28.6 Å². The molecule has 76 valence electrons. The summed E-state index contributed by atoms with van der Waals surface area (Å²) >= 11 is 3.45. The number of halogens is 2. The number of nitrogens with zero attached hydrogens (tertiary/aromatic N) is 1. The van der Waals surface area contributed by atoms with Crippen molar-refractivity contribution in [3.63, 3.8) is 0 Å². The van der Waals surface area contributed by atoms with Crippen molar-refractivity contribution in [1.82, 2.24) is 4.98 Å². The second-order valence-corrected chi connectivity index (χ2v) is 5.02. The normalized spacial score (nSPS) is 16.4. The molecule has 0 aliphatic heterocycles. The fourth-order valence-corrected chi connectivity index (χ4v) is 2.37. The van der Waals surface area contributed by atoms with E-state index in [1.165, 1.54) is 0 Å². The van der Waals surface area contributed by atoms with Crippen LogP contribution in [-0.2, 0) is 0 Å². The third-order valence-electron chi connectivity index (χ3n) is 2.55. The zero-order valence-electron chi connectivity index (χ0n) is 8.35. The molecule has 1 nitrogen and oxygen atoms in total. The van der Waals surface area contributed by atoms with Crippen molar-refractivity contribution in [3.05, 3.63) is 27.7 Å². The maximum absolute atomic E-state index is 13.5. The molecule has 1 aliphatic carbocycles. The van der Waals surface area contributed by atoms with Crippen LogP contribution < -0.4 is 0 Å². The minimum absolute atomic E-state index is 0.257. The van der Waals surface area contributed by atoms with Crippen LogP contribution in [0.5, 0.6) is 0 Å². The standard InChI is InChI=1S/C11H13BrFN/c1-6(2)10-9(12)5-8(7-3-4-7)11(13)14-10/h5-7H,3-4H2,1-2H3. The van der Waals surface area contributed by atoms with Crippen LogP contribution in [0, 0.1) is 5.95 Å². The molecule has 1 heterocycles. The van der Waals surface area contributed by atoms with Crippen LogP contribution in [0.25, 0.3) is 0 Å². The minimum Gasteiger partial charge on any atom is -0.223 e. The maximum Gasteiger partial charge on any atom is 0.216 e. The Balaban J connectivity index is 2.43. The fraction of sp³-hybridized carbons (Fsp3) is 0.545. The molecule has 0 radical (unpaired) electrons. The highest BCUT2D eigenvalue weighted by atomic mass is 79.9. The molecular formula is C11H13BrFN. The molecule has 1 aliphatic rings. The summed E-state index contributed by atoms with van der Waals surface area (Å²) in [5.41, 5.74) is 1.59. The van der Waals surface area contributed by atoms with Gasteiger partial charge in [0.2, 0.25) is 5.95 Å². The molecular weight excluding hydrogens is 245 g/mol. The summed E-state index contributed by atoms with van der Waals surface area (Å²) in [5, 5.41) is 0. The molecule has 0 unspecified atom stereocenters. The largest absolute Gasteiger partial charge is 0.223 e. The van der Waals surface area contributed by atoms with Crippen LogP contribution in [0.15, 0.2) is 10.5 Å². The van der Waals surface area contributed by atoms with Gasteiger partial charge in [0, 0.05) is 10.0 Å². The van der Waals surface area contributed by atoms with Crippen LogP contribution in [0.2, 0.25) is 0 Å². The number of rotatable bonds is 2. The Morgan fingerprint density at radius 2 is 2.14 bits per heavy atom.